The van der Waals surface area contributed by atoms with Crippen molar-refractivity contribution >= 4 is 15.5 Å². The van der Waals surface area contributed by atoms with Crippen LogP contribution in [0.5, 0.6) is 0 Å². The first-order chi connectivity index (χ1) is 8.84. The highest BCUT2D eigenvalue weighted by Gasteiger charge is 2.48. The molecule has 7 heteroatoms. The van der Waals surface area contributed by atoms with E-state index in [4.69, 9.17) is 0 Å². The molecule has 0 unspecified atom stereocenters. The molecule has 0 aromatic heterocycles. The fourth-order valence-corrected chi connectivity index (χ4v) is 3.18. The first kappa shape index (κ1) is 14.2. The molecule has 0 spiro atoms. The van der Waals surface area contributed by atoms with E-state index in [1.54, 1.807) is 11.0 Å². The summed E-state index contributed by atoms with van der Waals surface area (Å²) in [7, 11) is -5.30. The number of piperidine rings is 1. The summed E-state index contributed by atoms with van der Waals surface area (Å²) in [5.74, 6) is 0. The van der Waals surface area contributed by atoms with E-state index in [1.165, 1.54) is 12.1 Å². The minimum Gasteiger partial charge on any atom is -0.370 e. The lowest BCUT2D eigenvalue weighted by atomic mass is 10.1. The van der Waals surface area contributed by atoms with Crippen molar-refractivity contribution in [2.24, 2.45) is 0 Å². The Kier molecular flexibility index (Phi) is 3.75. The van der Waals surface area contributed by atoms with Crippen molar-refractivity contribution in [1.82, 2.24) is 0 Å². The number of hydrogen-bond acceptors (Lipinski definition) is 3. The standard InChI is InChI=1S/C12H14F3NO2S/c13-12(14,15)19(17,18)11-7-3-2-6-10(11)16-8-4-1-5-9-16/h2-3,6-7H,1,4-5,8-9H2. The van der Waals surface area contributed by atoms with Crippen molar-refractivity contribution < 1.29 is 21.6 Å². The van der Waals surface area contributed by atoms with Gasteiger partial charge in [0.15, 0.2) is 0 Å². The van der Waals surface area contributed by atoms with Crippen LogP contribution in [0.2, 0.25) is 0 Å². The summed E-state index contributed by atoms with van der Waals surface area (Å²) in [6.07, 6.45) is 2.74. The lowest BCUT2D eigenvalue weighted by Crippen LogP contribution is -2.32. The summed E-state index contributed by atoms with van der Waals surface area (Å²) in [5.41, 5.74) is -5.11. The number of alkyl halides is 3. The van der Waals surface area contributed by atoms with Crippen LogP contribution in [0.3, 0.4) is 0 Å². The van der Waals surface area contributed by atoms with Crippen molar-refractivity contribution in [3.8, 4) is 0 Å². The van der Waals surface area contributed by atoms with Crippen LogP contribution in [0.15, 0.2) is 29.2 Å². The summed E-state index contributed by atoms with van der Waals surface area (Å²) in [6.45, 7) is 1.18. The van der Waals surface area contributed by atoms with Gasteiger partial charge >= 0.3 is 5.51 Å². The van der Waals surface area contributed by atoms with Crippen molar-refractivity contribution in [3.63, 3.8) is 0 Å². The van der Waals surface area contributed by atoms with Gasteiger partial charge in [0.2, 0.25) is 0 Å². The van der Waals surface area contributed by atoms with Crippen molar-refractivity contribution in [1.29, 1.82) is 0 Å². The second-order valence-corrected chi connectivity index (χ2v) is 6.37. The molecular formula is C12H14F3NO2S. The van der Waals surface area contributed by atoms with Crippen molar-refractivity contribution in [2.75, 3.05) is 18.0 Å². The van der Waals surface area contributed by atoms with E-state index in [-0.39, 0.29) is 5.69 Å². The molecule has 19 heavy (non-hydrogen) atoms. The maximum Gasteiger partial charge on any atom is 0.501 e. The van der Waals surface area contributed by atoms with E-state index < -0.39 is 20.2 Å². The molecule has 0 bridgehead atoms. The maximum atomic E-state index is 12.7. The Balaban J connectivity index is 2.47. The van der Waals surface area contributed by atoms with Crippen molar-refractivity contribution in [3.05, 3.63) is 24.3 Å². The van der Waals surface area contributed by atoms with Gasteiger partial charge in [-0.2, -0.15) is 13.2 Å². The van der Waals surface area contributed by atoms with E-state index in [9.17, 15) is 21.6 Å². The second kappa shape index (κ2) is 5.03. The molecule has 1 aromatic rings. The number of anilines is 1. The third kappa shape index (κ3) is 2.70. The number of hydrogen-bond donors (Lipinski definition) is 0. The molecule has 1 heterocycles. The number of para-hydroxylation sites is 1. The fourth-order valence-electron chi connectivity index (χ4n) is 2.21. The molecule has 0 saturated carbocycles. The molecule has 1 aromatic carbocycles. The number of sulfone groups is 1. The fraction of sp³-hybridized carbons (Fsp3) is 0.500. The molecule has 1 aliphatic heterocycles. The minimum atomic E-state index is -5.30. The average molecular weight is 293 g/mol. The van der Waals surface area contributed by atoms with Crippen LogP contribution in [0.1, 0.15) is 19.3 Å². The van der Waals surface area contributed by atoms with Crippen LogP contribution >= 0.6 is 0 Å². The predicted molar refractivity (Wildman–Crippen MR) is 65.7 cm³/mol. The lowest BCUT2D eigenvalue weighted by Gasteiger charge is -2.30. The molecule has 1 fully saturated rings. The summed E-state index contributed by atoms with van der Waals surface area (Å²) in [4.78, 5) is 1.06. The molecule has 1 saturated heterocycles. The molecular weight excluding hydrogens is 279 g/mol. The molecule has 0 atom stereocenters. The highest BCUT2D eigenvalue weighted by atomic mass is 32.2. The smallest absolute Gasteiger partial charge is 0.370 e. The van der Waals surface area contributed by atoms with Crippen LogP contribution < -0.4 is 4.90 Å². The molecule has 1 aliphatic rings. The molecule has 2 rings (SSSR count). The van der Waals surface area contributed by atoms with Gasteiger partial charge in [-0.15, -0.1) is 0 Å². The Labute approximate surface area is 109 Å². The summed E-state index contributed by atoms with van der Waals surface area (Å²) >= 11 is 0. The monoisotopic (exact) mass is 293 g/mol. The second-order valence-electron chi connectivity index (χ2n) is 4.46. The van der Waals surface area contributed by atoms with Gasteiger partial charge in [0.05, 0.1) is 10.6 Å². The largest absolute Gasteiger partial charge is 0.501 e. The van der Waals surface area contributed by atoms with Crippen LogP contribution in [0, 0.1) is 0 Å². The van der Waals surface area contributed by atoms with Gasteiger partial charge in [-0.3, -0.25) is 0 Å². The maximum absolute atomic E-state index is 12.7. The first-order valence-electron chi connectivity index (χ1n) is 5.99. The van der Waals surface area contributed by atoms with Gasteiger partial charge in [-0.1, -0.05) is 12.1 Å². The van der Waals surface area contributed by atoms with Crippen LogP contribution in [0.4, 0.5) is 18.9 Å². The highest BCUT2D eigenvalue weighted by Crippen LogP contribution is 2.36. The zero-order valence-corrected chi connectivity index (χ0v) is 11.0. The van der Waals surface area contributed by atoms with E-state index in [2.05, 4.69) is 0 Å². The third-order valence-corrected chi connectivity index (χ3v) is 4.69. The Morgan fingerprint density at radius 1 is 1.00 bits per heavy atom. The Morgan fingerprint density at radius 2 is 1.58 bits per heavy atom. The predicted octanol–water partition coefficient (Wildman–Crippen LogP) is 2.97. The molecule has 106 valence electrons. The summed E-state index contributed by atoms with van der Waals surface area (Å²) in [5, 5.41) is 0. The molecule has 0 radical (unpaired) electrons. The normalized spacial score (nSPS) is 17.5. The minimum absolute atomic E-state index is 0.152. The van der Waals surface area contributed by atoms with Crippen LogP contribution in [-0.4, -0.2) is 27.0 Å². The quantitative estimate of drug-likeness (QED) is 0.841. The van der Waals surface area contributed by atoms with E-state index in [0.29, 0.717) is 13.1 Å². The number of rotatable bonds is 2. The Bertz CT molecular complexity index is 548. The van der Waals surface area contributed by atoms with E-state index >= 15 is 0 Å². The third-order valence-electron chi connectivity index (χ3n) is 3.16. The Morgan fingerprint density at radius 3 is 2.16 bits per heavy atom. The van der Waals surface area contributed by atoms with E-state index in [0.717, 1.165) is 25.3 Å². The Hall–Kier alpha value is -1.24. The van der Waals surface area contributed by atoms with Crippen LogP contribution in [-0.2, 0) is 9.84 Å². The zero-order chi connectivity index (χ0) is 14.1. The van der Waals surface area contributed by atoms with Gasteiger partial charge in [0, 0.05) is 13.1 Å². The van der Waals surface area contributed by atoms with Gasteiger partial charge in [-0.25, -0.2) is 8.42 Å². The molecule has 0 amide bonds. The first-order valence-corrected chi connectivity index (χ1v) is 7.48. The van der Waals surface area contributed by atoms with Gasteiger partial charge in [-0.05, 0) is 31.4 Å². The van der Waals surface area contributed by atoms with Crippen molar-refractivity contribution in [2.45, 2.75) is 29.7 Å². The zero-order valence-electron chi connectivity index (χ0n) is 10.2. The molecule has 3 nitrogen and oxygen atoms in total. The number of halogens is 3. The van der Waals surface area contributed by atoms with Crippen LogP contribution in [0.25, 0.3) is 0 Å². The topological polar surface area (TPSA) is 37.4 Å². The number of nitrogens with zero attached hydrogens (tertiary/aromatic N) is 1. The molecule has 0 aliphatic carbocycles. The van der Waals surface area contributed by atoms with E-state index in [1.807, 2.05) is 0 Å². The summed E-state index contributed by atoms with van der Waals surface area (Å²) in [6, 6.07) is 5.32. The highest BCUT2D eigenvalue weighted by molar-refractivity contribution is 7.92. The van der Waals surface area contributed by atoms with Gasteiger partial charge in [0.1, 0.15) is 0 Å². The SMILES string of the molecule is O=S(=O)(c1ccccc1N1CCCCC1)C(F)(F)F. The average Bonchev–Trinajstić information content (AvgIpc) is 2.38. The summed E-state index contributed by atoms with van der Waals surface area (Å²) < 4.78 is 61.1. The van der Waals surface area contributed by atoms with Gasteiger partial charge < -0.3 is 4.90 Å². The lowest BCUT2D eigenvalue weighted by molar-refractivity contribution is -0.0435. The van der Waals surface area contributed by atoms with Gasteiger partial charge in [0.25, 0.3) is 9.84 Å². The molecule has 0 N–H and O–H groups in total. The number of benzene rings is 1.